The zero-order valence-corrected chi connectivity index (χ0v) is 9.92. The number of halogens is 1. The van der Waals surface area contributed by atoms with Crippen LogP contribution in [0.3, 0.4) is 0 Å². The predicted octanol–water partition coefficient (Wildman–Crippen LogP) is 3.71. The molecule has 84 valence electrons. The van der Waals surface area contributed by atoms with E-state index in [-0.39, 0.29) is 0 Å². The van der Waals surface area contributed by atoms with E-state index >= 15 is 0 Å². The number of hydrogen-bond acceptors (Lipinski definition) is 2. The second kappa shape index (κ2) is 5.19. The first kappa shape index (κ1) is 11.2. The molecule has 0 aliphatic rings. The first-order valence-corrected chi connectivity index (χ1v) is 5.73. The van der Waals surface area contributed by atoms with Gasteiger partial charge in [0.1, 0.15) is 11.5 Å². The van der Waals surface area contributed by atoms with Gasteiger partial charge in [0.15, 0.2) is 0 Å². The summed E-state index contributed by atoms with van der Waals surface area (Å²) >= 11 is 5.93. The highest BCUT2D eigenvalue weighted by molar-refractivity contribution is 6.30. The summed E-state index contributed by atoms with van der Waals surface area (Å²) < 4.78 is 5.71. The summed E-state index contributed by atoms with van der Waals surface area (Å²) in [6, 6.07) is 11.6. The van der Waals surface area contributed by atoms with Crippen molar-refractivity contribution in [2.24, 2.45) is 0 Å². The largest absolute Gasteiger partial charge is 0.460 e. The lowest BCUT2D eigenvalue weighted by Crippen LogP contribution is -2.10. The number of benzene rings is 1. The van der Waals surface area contributed by atoms with Gasteiger partial charge in [0.2, 0.25) is 0 Å². The van der Waals surface area contributed by atoms with Gasteiger partial charge in [-0.05, 0) is 30.8 Å². The molecule has 0 aliphatic carbocycles. The summed E-state index contributed by atoms with van der Waals surface area (Å²) in [5, 5.41) is 3.95. The fourth-order valence-corrected chi connectivity index (χ4v) is 1.71. The second-order valence-corrected chi connectivity index (χ2v) is 3.99. The zero-order valence-electron chi connectivity index (χ0n) is 9.16. The quantitative estimate of drug-likeness (QED) is 0.874. The van der Waals surface area contributed by atoms with E-state index in [1.54, 1.807) is 0 Å². The molecular formula is C13H14ClNO. The Morgan fingerprint density at radius 3 is 2.88 bits per heavy atom. The minimum absolute atomic E-state index is 0.724. The third-order valence-corrected chi connectivity index (χ3v) is 2.56. The van der Waals surface area contributed by atoms with Crippen LogP contribution < -0.4 is 5.32 Å². The molecule has 0 spiro atoms. The summed E-state index contributed by atoms with van der Waals surface area (Å²) in [6.07, 6.45) is 0. The van der Waals surface area contributed by atoms with Gasteiger partial charge in [-0.3, -0.25) is 0 Å². The van der Waals surface area contributed by atoms with E-state index < -0.39 is 0 Å². The Morgan fingerprint density at radius 1 is 1.25 bits per heavy atom. The Bertz CT molecular complexity index is 464. The fourth-order valence-electron chi connectivity index (χ4n) is 1.52. The van der Waals surface area contributed by atoms with Crippen molar-refractivity contribution in [2.75, 3.05) is 6.54 Å². The maximum Gasteiger partial charge on any atom is 0.134 e. The predicted molar refractivity (Wildman–Crippen MR) is 66.5 cm³/mol. The van der Waals surface area contributed by atoms with Crippen LogP contribution in [0.4, 0.5) is 0 Å². The van der Waals surface area contributed by atoms with Gasteiger partial charge in [0.25, 0.3) is 0 Å². The van der Waals surface area contributed by atoms with Crippen molar-refractivity contribution >= 4 is 11.6 Å². The van der Waals surface area contributed by atoms with Gasteiger partial charge in [-0.25, -0.2) is 0 Å². The lowest BCUT2D eigenvalue weighted by atomic mass is 10.2. The summed E-state index contributed by atoms with van der Waals surface area (Å²) in [5.74, 6) is 1.80. The molecule has 0 atom stereocenters. The standard InChI is InChI=1S/C13H14ClNO/c1-2-15-9-12-6-7-13(16-12)10-4-3-5-11(14)8-10/h3-8,15H,2,9H2,1H3. The van der Waals surface area contributed by atoms with Crippen LogP contribution in [0.5, 0.6) is 0 Å². The molecule has 0 saturated heterocycles. The van der Waals surface area contributed by atoms with Crippen LogP contribution in [0.1, 0.15) is 12.7 Å². The number of rotatable bonds is 4. The lowest BCUT2D eigenvalue weighted by molar-refractivity contribution is 0.498. The minimum atomic E-state index is 0.724. The molecule has 0 radical (unpaired) electrons. The fraction of sp³-hybridized carbons (Fsp3) is 0.231. The van der Waals surface area contributed by atoms with Crippen molar-refractivity contribution in [3.05, 3.63) is 47.2 Å². The van der Waals surface area contributed by atoms with E-state index in [2.05, 4.69) is 12.2 Å². The van der Waals surface area contributed by atoms with Crippen molar-refractivity contribution in [2.45, 2.75) is 13.5 Å². The van der Waals surface area contributed by atoms with Crippen molar-refractivity contribution in [3.63, 3.8) is 0 Å². The first-order valence-electron chi connectivity index (χ1n) is 5.35. The van der Waals surface area contributed by atoms with Crippen LogP contribution in [-0.4, -0.2) is 6.54 Å². The molecule has 0 aliphatic heterocycles. The normalized spacial score (nSPS) is 10.6. The van der Waals surface area contributed by atoms with Crippen molar-refractivity contribution in [1.29, 1.82) is 0 Å². The van der Waals surface area contributed by atoms with Gasteiger partial charge < -0.3 is 9.73 Å². The highest BCUT2D eigenvalue weighted by atomic mass is 35.5. The summed E-state index contributed by atoms with van der Waals surface area (Å²) in [6.45, 7) is 3.77. The molecule has 2 aromatic rings. The average molecular weight is 236 g/mol. The molecule has 1 aromatic carbocycles. The molecule has 0 unspecified atom stereocenters. The molecule has 1 N–H and O–H groups in total. The third kappa shape index (κ3) is 2.65. The van der Waals surface area contributed by atoms with Crippen LogP contribution in [-0.2, 0) is 6.54 Å². The van der Waals surface area contributed by atoms with Gasteiger partial charge in [0, 0.05) is 10.6 Å². The Morgan fingerprint density at radius 2 is 2.12 bits per heavy atom. The molecule has 3 heteroatoms. The first-order chi connectivity index (χ1) is 7.79. The van der Waals surface area contributed by atoms with Gasteiger partial charge in [0.05, 0.1) is 6.54 Å². The third-order valence-electron chi connectivity index (χ3n) is 2.32. The van der Waals surface area contributed by atoms with Crippen LogP contribution in [0.2, 0.25) is 5.02 Å². The highest BCUT2D eigenvalue weighted by Crippen LogP contribution is 2.24. The van der Waals surface area contributed by atoms with E-state index in [1.165, 1.54) is 0 Å². The maximum absolute atomic E-state index is 5.93. The van der Waals surface area contributed by atoms with E-state index in [0.717, 1.165) is 35.2 Å². The molecule has 0 bridgehead atoms. The van der Waals surface area contributed by atoms with E-state index in [4.69, 9.17) is 16.0 Å². The Balaban J connectivity index is 2.18. The molecule has 16 heavy (non-hydrogen) atoms. The smallest absolute Gasteiger partial charge is 0.134 e. The molecule has 0 amide bonds. The number of nitrogens with one attached hydrogen (secondary N) is 1. The monoisotopic (exact) mass is 235 g/mol. The average Bonchev–Trinajstić information content (AvgIpc) is 2.75. The van der Waals surface area contributed by atoms with Crippen LogP contribution in [0.25, 0.3) is 11.3 Å². The highest BCUT2D eigenvalue weighted by Gasteiger charge is 2.04. The van der Waals surface area contributed by atoms with E-state index in [1.807, 2.05) is 36.4 Å². The van der Waals surface area contributed by atoms with Gasteiger partial charge in [-0.2, -0.15) is 0 Å². The van der Waals surface area contributed by atoms with Crippen molar-refractivity contribution in [3.8, 4) is 11.3 Å². The second-order valence-electron chi connectivity index (χ2n) is 3.56. The van der Waals surface area contributed by atoms with Crippen molar-refractivity contribution in [1.82, 2.24) is 5.32 Å². The molecular weight excluding hydrogens is 222 g/mol. The summed E-state index contributed by atoms with van der Waals surface area (Å²) in [7, 11) is 0. The topological polar surface area (TPSA) is 25.2 Å². The van der Waals surface area contributed by atoms with Crippen LogP contribution in [0.15, 0.2) is 40.8 Å². The molecule has 2 nitrogen and oxygen atoms in total. The SMILES string of the molecule is CCNCc1ccc(-c2cccc(Cl)c2)o1. The van der Waals surface area contributed by atoms with E-state index in [0.29, 0.717) is 0 Å². The van der Waals surface area contributed by atoms with E-state index in [9.17, 15) is 0 Å². The Kier molecular flexibility index (Phi) is 3.65. The van der Waals surface area contributed by atoms with Crippen LogP contribution in [0, 0.1) is 0 Å². The molecule has 1 aromatic heterocycles. The molecule has 0 saturated carbocycles. The maximum atomic E-state index is 5.93. The lowest BCUT2D eigenvalue weighted by Gasteiger charge is -1.99. The summed E-state index contributed by atoms with van der Waals surface area (Å²) in [4.78, 5) is 0. The number of hydrogen-bond donors (Lipinski definition) is 1. The van der Waals surface area contributed by atoms with Crippen molar-refractivity contribution < 1.29 is 4.42 Å². The zero-order chi connectivity index (χ0) is 11.4. The number of furan rings is 1. The van der Waals surface area contributed by atoms with Gasteiger partial charge >= 0.3 is 0 Å². The van der Waals surface area contributed by atoms with Crippen LogP contribution >= 0.6 is 11.6 Å². The Labute approximate surface area is 100 Å². The minimum Gasteiger partial charge on any atom is -0.460 e. The van der Waals surface area contributed by atoms with Gasteiger partial charge in [-0.15, -0.1) is 0 Å². The molecule has 1 heterocycles. The van der Waals surface area contributed by atoms with Gasteiger partial charge in [-0.1, -0.05) is 30.7 Å². The molecule has 0 fully saturated rings. The molecule has 2 rings (SSSR count). The summed E-state index contributed by atoms with van der Waals surface area (Å²) in [5.41, 5.74) is 1.01. The Hall–Kier alpha value is -1.25.